The van der Waals surface area contributed by atoms with Crippen LogP contribution in [0.15, 0.2) is 58.2 Å². The molecule has 0 spiro atoms. The predicted octanol–water partition coefficient (Wildman–Crippen LogP) is 2.51. The van der Waals surface area contributed by atoms with Crippen molar-refractivity contribution < 1.29 is 14.4 Å². The Morgan fingerprint density at radius 3 is 2.58 bits per heavy atom. The number of hydrogen-bond acceptors (Lipinski definition) is 6. The SMILES string of the molecule is Cc1ccc(-c2noc(C(=O)N/N=C/c3ccc(O)cc3)n2)cc1. The second-order valence-electron chi connectivity index (χ2n) is 5.08. The van der Waals surface area contributed by atoms with E-state index < -0.39 is 5.91 Å². The minimum Gasteiger partial charge on any atom is -0.508 e. The zero-order valence-corrected chi connectivity index (χ0v) is 12.8. The third-order valence-electron chi connectivity index (χ3n) is 3.20. The van der Waals surface area contributed by atoms with Gasteiger partial charge in [0.2, 0.25) is 5.82 Å². The first-order chi connectivity index (χ1) is 11.6. The van der Waals surface area contributed by atoms with Crippen LogP contribution in [-0.4, -0.2) is 27.4 Å². The summed E-state index contributed by atoms with van der Waals surface area (Å²) in [5.41, 5.74) is 4.90. The molecule has 7 heteroatoms. The van der Waals surface area contributed by atoms with Gasteiger partial charge in [-0.1, -0.05) is 35.0 Å². The first kappa shape index (κ1) is 15.4. The van der Waals surface area contributed by atoms with Crippen molar-refractivity contribution in [2.45, 2.75) is 6.92 Å². The lowest BCUT2D eigenvalue weighted by atomic mass is 10.1. The monoisotopic (exact) mass is 322 g/mol. The van der Waals surface area contributed by atoms with Crippen LogP contribution in [-0.2, 0) is 0 Å². The van der Waals surface area contributed by atoms with E-state index in [1.807, 2.05) is 31.2 Å². The quantitative estimate of drug-likeness (QED) is 0.568. The molecule has 2 N–H and O–H groups in total. The minimum atomic E-state index is -0.601. The van der Waals surface area contributed by atoms with Gasteiger partial charge in [0, 0.05) is 5.56 Å². The van der Waals surface area contributed by atoms with Crippen LogP contribution in [0, 0.1) is 6.92 Å². The van der Waals surface area contributed by atoms with Gasteiger partial charge in [0.15, 0.2) is 0 Å². The van der Waals surface area contributed by atoms with Crippen LogP contribution in [0.1, 0.15) is 21.8 Å². The van der Waals surface area contributed by atoms with E-state index in [1.165, 1.54) is 18.3 Å². The van der Waals surface area contributed by atoms with Gasteiger partial charge < -0.3 is 9.63 Å². The highest BCUT2D eigenvalue weighted by atomic mass is 16.5. The number of nitrogens with one attached hydrogen (secondary N) is 1. The van der Waals surface area contributed by atoms with Crippen LogP contribution < -0.4 is 5.43 Å². The Hall–Kier alpha value is -3.48. The standard InChI is InChI=1S/C17H14N4O3/c1-11-2-6-13(7-3-11)15-19-17(24-21-15)16(23)20-18-10-12-4-8-14(22)9-5-12/h2-10,22H,1H3,(H,20,23)/b18-10+. The Bertz CT molecular complexity index is 868. The van der Waals surface area contributed by atoms with Gasteiger partial charge in [-0.25, -0.2) is 5.43 Å². The highest BCUT2D eigenvalue weighted by Crippen LogP contribution is 2.16. The maximum atomic E-state index is 11.9. The summed E-state index contributed by atoms with van der Waals surface area (Å²) in [6.45, 7) is 1.98. The molecule has 1 heterocycles. The van der Waals surface area contributed by atoms with Gasteiger partial charge in [-0.05, 0) is 36.8 Å². The average molecular weight is 322 g/mol. The molecule has 0 atom stereocenters. The van der Waals surface area contributed by atoms with Crippen molar-refractivity contribution in [3.05, 3.63) is 65.5 Å². The fourth-order valence-corrected chi connectivity index (χ4v) is 1.91. The van der Waals surface area contributed by atoms with Crippen LogP contribution in [0.4, 0.5) is 0 Å². The molecule has 0 aliphatic carbocycles. The average Bonchev–Trinajstić information content (AvgIpc) is 3.07. The van der Waals surface area contributed by atoms with Gasteiger partial charge in [0.25, 0.3) is 0 Å². The van der Waals surface area contributed by atoms with Crippen molar-refractivity contribution in [1.82, 2.24) is 15.6 Å². The first-order valence-electron chi connectivity index (χ1n) is 7.15. The number of rotatable bonds is 4. The van der Waals surface area contributed by atoms with E-state index in [0.717, 1.165) is 16.7 Å². The minimum absolute atomic E-state index is 0.158. The molecule has 0 fully saturated rings. The molecule has 0 saturated heterocycles. The summed E-state index contributed by atoms with van der Waals surface area (Å²) in [5.74, 6) is -0.280. The number of phenolic OH excluding ortho intramolecular Hbond substituents is 1. The number of aromatic nitrogens is 2. The molecule has 1 aromatic heterocycles. The summed E-state index contributed by atoms with van der Waals surface area (Å²) in [7, 11) is 0. The smallest absolute Gasteiger partial charge is 0.329 e. The summed E-state index contributed by atoms with van der Waals surface area (Å²) in [6, 6.07) is 13.9. The molecule has 0 saturated carbocycles. The number of carbonyl (C=O) groups excluding carboxylic acids is 1. The number of carbonyl (C=O) groups is 1. The third kappa shape index (κ3) is 3.64. The Balaban J connectivity index is 1.65. The van der Waals surface area contributed by atoms with Crippen LogP contribution in [0.3, 0.4) is 0 Å². The van der Waals surface area contributed by atoms with Crippen LogP contribution >= 0.6 is 0 Å². The summed E-state index contributed by atoms with van der Waals surface area (Å²) in [4.78, 5) is 16.0. The Morgan fingerprint density at radius 2 is 1.88 bits per heavy atom. The van der Waals surface area contributed by atoms with Crippen LogP contribution in [0.5, 0.6) is 5.75 Å². The van der Waals surface area contributed by atoms with Gasteiger partial charge in [0.05, 0.1) is 6.21 Å². The van der Waals surface area contributed by atoms with Gasteiger partial charge in [0.1, 0.15) is 5.75 Å². The molecule has 120 valence electrons. The van der Waals surface area contributed by atoms with E-state index in [9.17, 15) is 9.90 Å². The van der Waals surface area contributed by atoms with E-state index in [0.29, 0.717) is 5.82 Å². The molecule has 24 heavy (non-hydrogen) atoms. The molecule has 3 aromatic rings. The van der Waals surface area contributed by atoms with Crippen molar-refractivity contribution >= 4 is 12.1 Å². The largest absolute Gasteiger partial charge is 0.508 e. The maximum absolute atomic E-state index is 11.9. The number of hydrogen-bond donors (Lipinski definition) is 2. The lowest BCUT2D eigenvalue weighted by Gasteiger charge is -1.95. The number of aryl methyl sites for hydroxylation is 1. The van der Waals surface area contributed by atoms with Crippen molar-refractivity contribution in [3.63, 3.8) is 0 Å². The molecule has 0 radical (unpaired) electrons. The van der Waals surface area contributed by atoms with E-state index in [2.05, 4.69) is 20.7 Å². The lowest BCUT2D eigenvalue weighted by Crippen LogP contribution is -2.17. The summed E-state index contributed by atoms with van der Waals surface area (Å²) in [6.07, 6.45) is 1.44. The Labute approximate surface area is 137 Å². The Morgan fingerprint density at radius 1 is 1.17 bits per heavy atom. The highest BCUT2D eigenvalue weighted by molar-refractivity contribution is 5.91. The van der Waals surface area contributed by atoms with E-state index in [-0.39, 0.29) is 11.6 Å². The summed E-state index contributed by atoms with van der Waals surface area (Å²) < 4.78 is 4.95. The molecule has 2 aromatic carbocycles. The second-order valence-corrected chi connectivity index (χ2v) is 5.08. The van der Waals surface area contributed by atoms with Crippen LogP contribution in [0.2, 0.25) is 0 Å². The molecule has 0 bridgehead atoms. The number of amides is 1. The Kier molecular flexibility index (Phi) is 4.33. The number of aromatic hydroxyl groups is 1. The fraction of sp³-hybridized carbons (Fsp3) is 0.0588. The zero-order valence-electron chi connectivity index (χ0n) is 12.8. The molecule has 0 unspecified atom stereocenters. The van der Waals surface area contributed by atoms with Gasteiger partial charge in [-0.15, -0.1) is 0 Å². The number of nitrogens with zero attached hydrogens (tertiary/aromatic N) is 3. The van der Waals surface area contributed by atoms with Crippen molar-refractivity contribution in [2.75, 3.05) is 0 Å². The van der Waals surface area contributed by atoms with E-state index in [1.54, 1.807) is 12.1 Å². The molecule has 0 aliphatic rings. The van der Waals surface area contributed by atoms with Crippen molar-refractivity contribution in [3.8, 4) is 17.1 Å². The zero-order chi connectivity index (χ0) is 16.9. The second kappa shape index (κ2) is 6.74. The normalized spacial score (nSPS) is 10.9. The van der Waals surface area contributed by atoms with Crippen molar-refractivity contribution in [2.24, 2.45) is 5.10 Å². The lowest BCUT2D eigenvalue weighted by molar-refractivity contribution is 0.0911. The number of benzene rings is 2. The first-order valence-corrected chi connectivity index (χ1v) is 7.15. The van der Waals surface area contributed by atoms with Crippen LogP contribution in [0.25, 0.3) is 11.4 Å². The molecule has 3 rings (SSSR count). The van der Waals surface area contributed by atoms with Gasteiger partial charge in [-0.3, -0.25) is 4.79 Å². The molecule has 7 nitrogen and oxygen atoms in total. The third-order valence-corrected chi connectivity index (χ3v) is 3.20. The number of phenols is 1. The van der Waals surface area contributed by atoms with Gasteiger partial charge >= 0.3 is 11.8 Å². The fourth-order valence-electron chi connectivity index (χ4n) is 1.91. The molecular formula is C17H14N4O3. The number of hydrazone groups is 1. The maximum Gasteiger partial charge on any atom is 0.329 e. The molecular weight excluding hydrogens is 308 g/mol. The van der Waals surface area contributed by atoms with E-state index >= 15 is 0 Å². The topological polar surface area (TPSA) is 101 Å². The van der Waals surface area contributed by atoms with Gasteiger partial charge in [-0.2, -0.15) is 10.1 Å². The molecule has 0 aliphatic heterocycles. The predicted molar refractivity (Wildman–Crippen MR) is 87.6 cm³/mol. The highest BCUT2D eigenvalue weighted by Gasteiger charge is 2.15. The summed E-state index contributed by atoms with van der Waals surface area (Å²) >= 11 is 0. The summed E-state index contributed by atoms with van der Waals surface area (Å²) in [5, 5.41) is 16.8. The molecule has 1 amide bonds. The van der Waals surface area contributed by atoms with Crippen molar-refractivity contribution in [1.29, 1.82) is 0 Å². The van der Waals surface area contributed by atoms with E-state index in [4.69, 9.17) is 4.52 Å².